The summed E-state index contributed by atoms with van der Waals surface area (Å²) in [5, 5.41) is 0. The van der Waals surface area contributed by atoms with Gasteiger partial charge in [-0.3, -0.25) is 4.79 Å². The van der Waals surface area contributed by atoms with E-state index in [4.69, 9.17) is 4.74 Å². The molecule has 0 N–H and O–H groups in total. The van der Waals surface area contributed by atoms with Gasteiger partial charge in [0, 0.05) is 0 Å². The number of allylic oxidation sites excluding steroid dienone is 1. The maximum Gasteiger partial charge on any atom is 0.310 e. The number of benzene rings is 2. The number of carbonyl (C=O) groups is 1. The minimum Gasteiger partial charge on any atom is -0.461 e. The lowest BCUT2D eigenvalue weighted by Crippen LogP contribution is -2.11. The molecule has 2 aromatic rings. The molecule has 1 saturated carbocycles. The second kappa shape index (κ2) is 8.26. The maximum absolute atomic E-state index is 13.6. The topological polar surface area (TPSA) is 26.3 Å². The summed E-state index contributed by atoms with van der Waals surface area (Å²) in [6.45, 7) is 5.83. The minimum absolute atomic E-state index is 0.0448. The van der Waals surface area contributed by atoms with Gasteiger partial charge in [0.2, 0.25) is 0 Å². The zero-order chi connectivity index (χ0) is 21.5. The van der Waals surface area contributed by atoms with Crippen LogP contribution >= 0.6 is 31.9 Å². The van der Waals surface area contributed by atoms with Gasteiger partial charge >= 0.3 is 5.97 Å². The number of esters is 1. The first kappa shape index (κ1) is 22.1. The van der Waals surface area contributed by atoms with Crippen molar-refractivity contribution < 1.29 is 22.7 Å². The molecule has 1 aliphatic carbocycles. The third-order valence-corrected chi connectivity index (χ3v) is 6.11. The average molecular weight is 532 g/mol. The molecule has 0 amide bonds. The molecule has 3 rings (SSSR count). The standard InChI is InChI=1S/C22H19Br2F3O2/c1-11-12(10-29-21(28)19-15(9-18(23)24)22(19,2)3)5-4-6-14(11)13-7-16(25)20(27)17(26)8-13/h4-9,15,19H,10H2,1-3H3/t15-,19-/m0/s1. The van der Waals surface area contributed by atoms with Crippen molar-refractivity contribution in [3.05, 3.63) is 68.4 Å². The summed E-state index contributed by atoms with van der Waals surface area (Å²) in [5.41, 5.74) is 2.01. The van der Waals surface area contributed by atoms with Crippen LogP contribution < -0.4 is 0 Å². The molecule has 1 fully saturated rings. The monoisotopic (exact) mass is 530 g/mol. The first-order valence-corrected chi connectivity index (χ1v) is 10.6. The molecule has 29 heavy (non-hydrogen) atoms. The Morgan fingerprint density at radius 3 is 2.38 bits per heavy atom. The first-order valence-electron chi connectivity index (χ1n) is 8.97. The Bertz CT molecular complexity index is 975. The highest BCUT2D eigenvalue weighted by Crippen LogP contribution is 2.60. The van der Waals surface area contributed by atoms with E-state index in [9.17, 15) is 18.0 Å². The van der Waals surface area contributed by atoms with Gasteiger partial charge in [0.1, 0.15) is 6.61 Å². The van der Waals surface area contributed by atoms with Crippen molar-refractivity contribution in [2.24, 2.45) is 17.3 Å². The molecule has 1 aliphatic rings. The van der Waals surface area contributed by atoms with Crippen LogP contribution in [-0.2, 0) is 16.1 Å². The number of rotatable bonds is 5. The van der Waals surface area contributed by atoms with Gasteiger partial charge in [0.25, 0.3) is 0 Å². The van der Waals surface area contributed by atoms with Crippen molar-refractivity contribution in [2.75, 3.05) is 0 Å². The van der Waals surface area contributed by atoms with Crippen molar-refractivity contribution in [3.63, 3.8) is 0 Å². The van der Waals surface area contributed by atoms with Crippen LogP contribution in [0.3, 0.4) is 0 Å². The molecule has 0 saturated heterocycles. The largest absolute Gasteiger partial charge is 0.461 e. The molecule has 2 aromatic carbocycles. The Labute approximate surface area is 184 Å². The van der Waals surface area contributed by atoms with E-state index >= 15 is 0 Å². The number of hydrogen-bond donors (Lipinski definition) is 0. The van der Waals surface area contributed by atoms with E-state index in [-0.39, 0.29) is 35.4 Å². The van der Waals surface area contributed by atoms with Gasteiger partial charge in [-0.05, 0) is 84.5 Å². The molecule has 2 nitrogen and oxygen atoms in total. The molecule has 0 heterocycles. The van der Waals surface area contributed by atoms with Crippen LogP contribution in [0.4, 0.5) is 13.2 Å². The van der Waals surface area contributed by atoms with Crippen molar-refractivity contribution >= 4 is 37.8 Å². The van der Waals surface area contributed by atoms with E-state index in [0.717, 1.165) is 15.5 Å². The SMILES string of the molecule is Cc1c(COC(=O)[C@@H]2[C@H](C=C(Br)Br)C2(C)C)cccc1-c1cc(F)c(F)c(F)c1. The fourth-order valence-electron chi connectivity index (χ4n) is 3.68. The lowest BCUT2D eigenvalue weighted by molar-refractivity contribution is -0.147. The lowest BCUT2D eigenvalue weighted by Gasteiger charge is -2.13. The van der Waals surface area contributed by atoms with Crippen LogP contribution in [0.2, 0.25) is 0 Å². The Kier molecular flexibility index (Phi) is 6.30. The smallest absolute Gasteiger partial charge is 0.310 e. The van der Waals surface area contributed by atoms with Crippen LogP contribution in [-0.4, -0.2) is 5.97 Å². The van der Waals surface area contributed by atoms with Crippen molar-refractivity contribution in [2.45, 2.75) is 27.4 Å². The zero-order valence-electron chi connectivity index (χ0n) is 16.0. The number of hydrogen-bond acceptors (Lipinski definition) is 2. The highest BCUT2D eigenvalue weighted by Gasteiger charge is 2.61. The summed E-state index contributed by atoms with van der Waals surface area (Å²) in [5.74, 6) is -4.45. The summed E-state index contributed by atoms with van der Waals surface area (Å²) in [4.78, 5) is 12.6. The Hall–Kier alpha value is -1.60. The lowest BCUT2D eigenvalue weighted by atomic mass is 9.96. The second-order valence-electron chi connectivity index (χ2n) is 7.73. The minimum atomic E-state index is -1.50. The van der Waals surface area contributed by atoms with Gasteiger partial charge in [0.05, 0.1) is 9.31 Å². The van der Waals surface area contributed by atoms with E-state index in [1.165, 1.54) is 0 Å². The van der Waals surface area contributed by atoms with Gasteiger partial charge in [-0.1, -0.05) is 38.1 Å². The summed E-state index contributed by atoms with van der Waals surface area (Å²) >= 11 is 6.64. The van der Waals surface area contributed by atoms with E-state index < -0.39 is 17.5 Å². The predicted molar refractivity (Wildman–Crippen MR) is 113 cm³/mol. The molecular weight excluding hydrogens is 513 g/mol. The van der Waals surface area contributed by atoms with Crippen LogP contribution in [0.5, 0.6) is 0 Å². The molecule has 2 atom stereocenters. The Morgan fingerprint density at radius 1 is 1.17 bits per heavy atom. The third-order valence-electron chi connectivity index (χ3n) is 5.58. The quantitative estimate of drug-likeness (QED) is 0.306. The van der Waals surface area contributed by atoms with Crippen molar-refractivity contribution in [1.82, 2.24) is 0 Å². The highest BCUT2D eigenvalue weighted by atomic mass is 79.9. The third kappa shape index (κ3) is 4.45. The zero-order valence-corrected chi connectivity index (χ0v) is 19.2. The van der Waals surface area contributed by atoms with Crippen LogP contribution in [0.25, 0.3) is 11.1 Å². The summed E-state index contributed by atoms with van der Waals surface area (Å²) in [6, 6.07) is 7.09. The molecule has 0 radical (unpaired) electrons. The maximum atomic E-state index is 13.6. The van der Waals surface area contributed by atoms with Crippen molar-refractivity contribution in [1.29, 1.82) is 0 Å². The average Bonchev–Trinajstić information content (AvgIpc) is 3.17. The number of ether oxygens (including phenoxy) is 1. The molecule has 0 bridgehead atoms. The normalized spacial score (nSPS) is 19.6. The van der Waals surface area contributed by atoms with E-state index in [1.807, 2.05) is 19.9 Å². The number of halogens is 5. The molecule has 0 spiro atoms. The van der Waals surface area contributed by atoms with E-state index in [0.29, 0.717) is 16.7 Å². The van der Waals surface area contributed by atoms with Gasteiger partial charge in [-0.15, -0.1) is 0 Å². The van der Waals surface area contributed by atoms with E-state index in [1.54, 1.807) is 25.1 Å². The van der Waals surface area contributed by atoms with E-state index in [2.05, 4.69) is 31.9 Å². The summed E-state index contributed by atoms with van der Waals surface area (Å²) in [6.07, 6.45) is 1.94. The number of carbonyl (C=O) groups excluding carboxylic acids is 1. The predicted octanol–water partition coefficient (Wildman–Crippen LogP) is 7.03. The first-order chi connectivity index (χ1) is 13.5. The molecule has 154 valence electrons. The Balaban J connectivity index is 1.78. The molecule has 7 heteroatoms. The van der Waals surface area contributed by atoms with Crippen LogP contribution in [0, 0.1) is 41.6 Å². The van der Waals surface area contributed by atoms with Gasteiger partial charge in [-0.25, -0.2) is 13.2 Å². The molecular formula is C22H19Br2F3O2. The summed E-state index contributed by atoms with van der Waals surface area (Å²) < 4.78 is 46.8. The van der Waals surface area contributed by atoms with Crippen LogP contribution in [0.15, 0.2) is 39.8 Å². The highest BCUT2D eigenvalue weighted by molar-refractivity contribution is 9.28. The van der Waals surface area contributed by atoms with Gasteiger partial charge in [0.15, 0.2) is 17.5 Å². The Morgan fingerprint density at radius 2 is 1.79 bits per heavy atom. The van der Waals surface area contributed by atoms with Crippen LogP contribution in [0.1, 0.15) is 25.0 Å². The molecule has 0 aliphatic heterocycles. The van der Waals surface area contributed by atoms with Gasteiger partial charge in [-0.2, -0.15) is 0 Å². The molecule has 0 unspecified atom stereocenters. The fraction of sp³-hybridized carbons (Fsp3) is 0.318. The summed E-state index contributed by atoms with van der Waals surface area (Å²) in [7, 11) is 0. The molecule has 0 aromatic heterocycles. The van der Waals surface area contributed by atoms with Gasteiger partial charge < -0.3 is 4.74 Å². The van der Waals surface area contributed by atoms with Crippen molar-refractivity contribution in [3.8, 4) is 11.1 Å². The fourth-order valence-corrected chi connectivity index (χ4v) is 4.25. The second-order valence-corrected chi connectivity index (χ2v) is 10.5.